The van der Waals surface area contributed by atoms with Gasteiger partial charge in [0.25, 0.3) is 0 Å². The standard InChI is InChI=1S/C14H21F2N3O4S.ClH/c1-23-9-8-17-6-7-18-14(20)4-5-19-24(21,22)11-2-3-12(15)13(16)10-11;/h2-3,10,17,19H,4-9H2,1H3,(H,18,20);1H. The van der Waals surface area contributed by atoms with Crippen LogP contribution in [0.25, 0.3) is 0 Å². The fourth-order valence-electron chi connectivity index (χ4n) is 1.70. The monoisotopic (exact) mass is 401 g/mol. The molecular weight excluding hydrogens is 380 g/mol. The Hall–Kier alpha value is -1.33. The molecule has 11 heteroatoms. The summed E-state index contributed by atoms with van der Waals surface area (Å²) >= 11 is 0. The van der Waals surface area contributed by atoms with Crippen LogP contribution in [0.2, 0.25) is 0 Å². The second kappa shape index (κ2) is 12.1. The second-order valence-corrected chi connectivity index (χ2v) is 6.58. The van der Waals surface area contributed by atoms with Crippen LogP contribution in [-0.2, 0) is 19.6 Å². The Kier molecular flexibility index (Phi) is 11.4. The Balaban J connectivity index is 0.00000576. The Morgan fingerprint density at radius 2 is 1.84 bits per heavy atom. The number of amides is 1. The fourth-order valence-corrected chi connectivity index (χ4v) is 2.75. The van der Waals surface area contributed by atoms with Crippen molar-refractivity contribution in [2.75, 3.05) is 39.9 Å². The molecule has 0 spiro atoms. The maximum Gasteiger partial charge on any atom is 0.240 e. The molecule has 0 fully saturated rings. The SMILES string of the molecule is COCCNCCNC(=O)CCNS(=O)(=O)c1ccc(F)c(F)c1.Cl. The van der Waals surface area contributed by atoms with Gasteiger partial charge in [-0.1, -0.05) is 0 Å². The molecule has 0 aliphatic rings. The van der Waals surface area contributed by atoms with Gasteiger partial charge in [0.2, 0.25) is 15.9 Å². The first-order chi connectivity index (χ1) is 11.4. The summed E-state index contributed by atoms with van der Waals surface area (Å²) < 4.78 is 56.6. The number of ether oxygens (including phenoxy) is 1. The van der Waals surface area contributed by atoms with Gasteiger partial charge in [-0.2, -0.15) is 0 Å². The van der Waals surface area contributed by atoms with E-state index in [-0.39, 0.29) is 31.3 Å². The number of benzene rings is 1. The molecule has 25 heavy (non-hydrogen) atoms. The number of carbonyl (C=O) groups excluding carboxylic acids is 1. The molecule has 0 radical (unpaired) electrons. The Bertz CT molecular complexity index is 647. The van der Waals surface area contributed by atoms with Gasteiger partial charge < -0.3 is 15.4 Å². The van der Waals surface area contributed by atoms with Gasteiger partial charge in [-0.05, 0) is 18.2 Å². The molecule has 0 aliphatic carbocycles. The van der Waals surface area contributed by atoms with Crippen molar-refractivity contribution in [1.82, 2.24) is 15.4 Å². The van der Waals surface area contributed by atoms with E-state index in [9.17, 15) is 22.0 Å². The minimum Gasteiger partial charge on any atom is -0.383 e. The van der Waals surface area contributed by atoms with Gasteiger partial charge in [0, 0.05) is 39.7 Å². The highest BCUT2D eigenvalue weighted by atomic mass is 35.5. The van der Waals surface area contributed by atoms with Crippen LogP contribution >= 0.6 is 12.4 Å². The third-order valence-electron chi connectivity index (χ3n) is 2.95. The van der Waals surface area contributed by atoms with E-state index in [1.165, 1.54) is 0 Å². The molecule has 144 valence electrons. The number of hydrogen-bond donors (Lipinski definition) is 3. The smallest absolute Gasteiger partial charge is 0.240 e. The van der Waals surface area contributed by atoms with E-state index in [0.29, 0.717) is 32.3 Å². The molecule has 0 bridgehead atoms. The van der Waals surface area contributed by atoms with Crippen molar-refractivity contribution in [2.45, 2.75) is 11.3 Å². The van der Waals surface area contributed by atoms with Crippen LogP contribution in [0.15, 0.2) is 23.1 Å². The van der Waals surface area contributed by atoms with Crippen LogP contribution in [0.3, 0.4) is 0 Å². The molecule has 0 saturated heterocycles. The maximum absolute atomic E-state index is 13.1. The van der Waals surface area contributed by atoms with Crippen molar-refractivity contribution >= 4 is 28.3 Å². The van der Waals surface area contributed by atoms with Gasteiger partial charge in [0.1, 0.15) is 0 Å². The number of hydrogen-bond acceptors (Lipinski definition) is 5. The quantitative estimate of drug-likeness (QED) is 0.467. The Morgan fingerprint density at radius 1 is 1.12 bits per heavy atom. The van der Waals surface area contributed by atoms with E-state index in [2.05, 4.69) is 15.4 Å². The van der Waals surface area contributed by atoms with Gasteiger partial charge in [0.15, 0.2) is 11.6 Å². The molecule has 1 aromatic carbocycles. The first-order valence-electron chi connectivity index (χ1n) is 7.28. The van der Waals surface area contributed by atoms with E-state index >= 15 is 0 Å². The number of nitrogens with one attached hydrogen (secondary N) is 3. The van der Waals surface area contributed by atoms with Crippen molar-refractivity contribution in [1.29, 1.82) is 0 Å². The van der Waals surface area contributed by atoms with Crippen molar-refractivity contribution in [3.8, 4) is 0 Å². The lowest BCUT2D eigenvalue weighted by Crippen LogP contribution is -2.35. The molecule has 1 rings (SSSR count). The zero-order valence-electron chi connectivity index (χ0n) is 13.7. The van der Waals surface area contributed by atoms with Crippen molar-refractivity contribution in [3.63, 3.8) is 0 Å². The lowest BCUT2D eigenvalue weighted by atomic mass is 10.3. The van der Waals surface area contributed by atoms with E-state index in [0.717, 1.165) is 12.1 Å². The molecule has 0 saturated carbocycles. The van der Waals surface area contributed by atoms with Crippen molar-refractivity contribution < 1.29 is 26.7 Å². The minimum atomic E-state index is -3.99. The summed E-state index contributed by atoms with van der Waals surface area (Å²) in [6.07, 6.45) is -0.0685. The molecular formula is C14H22ClF2N3O4S. The summed E-state index contributed by atoms with van der Waals surface area (Å²) in [7, 11) is -2.41. The highest BCUT2D eigenvalue weighted by Gasteiger charge is 2.16. The van der Waals surface area contributed by atoms with Gasteiger partial charge in [-0.3, -0.25) is 4.79 Å². The number of rotatable bonds is 11. The predicted molar refractivity (Wildman–Crippen MR) is 91.2 cm³/mol. The Labute approximate surface area is 152 Å². The normalized spacial score (nSPS) is 11.0. The summed E-state index contributed by atoms with van der Waals surface area (Å²) in [5.74, 6) is -2.71. The molecule has 3 N–H and O–H groups in total. The first kappa shape index (κ1) is 23.7. The van der Waals surface area contributed by atoms with Crippen molar-refractivity contribution in [2.24, 2.45) is 0 Å². The lowest BCUT2D eigenvalue weighted by Gasteiger charge is -2.08. The summed E-state index contributed by atoms with van der Waals surface area (Å²) in [6.45, 7) is 2.05. The number of sulfonamides is 1. The zero-order chi connectivity index (χ0) is 18.0. The average molecular weight is 402 g/mol. The molecule has 7 nitrogen and oxygen atoms in total. The van der Waals surface area contributed by atoms with Gasteiger partial charge in [0.05, 0.1) is 11.5 Å². The topological polar surface area (TPSA) is 96.5 Å². The number of methoxy groups -OCH3 is 1. The molecule has 0 heterocycles. The van der Waals surface area contributed by atoms with E-state index < -0.39 is 26.6 Å². The van der Waals surface area contributed by atoms with Crippen LogP contribution < -0.4 is 15.4 Å². The van der Waals surface area contributed by atoms with Crippen molar-refractivity contribution in [3.05, 3.63) is 29.8 Å². The fraction of sp³-hybridized carbons (Fsp3) is 0.500. The summed E-state index contributed by atoms with van der Waals surface area (Å²) in [4.78, 5) is 11.1. The van der Waals surface area contributed by atoms with E-state index in [1.54, 1.807) is 7.11 Å². The van der Waals surface area contributed by atoms with Crippen LogP contribution in [-0.4, -0.2) is 54.2 Å². The highest BCUT2D eigenvalue weighted by Crippen LogP contribution is 2.13. The molecule has 1 aromatic rings. The predicted octanol–water partition coefficient (Wildman–Crippen LogP) is 0.407. The van der Waals surface area contributed by atoms with E-state index in [1.807, 2.05) is 0 Å². The third-order valence-corrected chi connectivity index (χ3v) is 4.41. The molecule has 0 aliphatic heterocycles. The average Bonchev–Trinajstić information content (AvgIpc) is 2.53. The van der Waals surface area contributed by atoms with Gasteiger partial charge in [-0.25, -0.2) is 21.9 Å². The van der Waals surface area contributed by atoms with Crippen LogP contribution in [0.5, 0.6) is 0 Å². The summed E-state index contributed by atoms with van der Waals surface area (Å²) in [6, 6.07) is 2.27. The molecule has 0 unspecified atom stereocenters. The van der Waals surface area contributed by atoms with Gasteiger partial charge >= 0.3 is 0 Å². The summed E-state index contributed by atoms with van der Waals surface area (Å²) in [5, 5.41) is 5.65. The molecule has 0 aromatic heterocycles. The zero-order valence-corrected chi connectivity index (χ0v) is 15.3. The summed E-state index contributed by atoms with van der Waals surface area (Å²) in [5.41, 5.74) is 0. The van der Waals surface area contributed by atoms with Crippen LogP contribution in [0, 0.1) is 11.6 Å². The molecule has 0 atom stereocenters. The first-order valence-corrected chi connectivity index (χ1v) is 8.76. The second-order valence-electron chi connectivity index (χ2n) is 4.82. The third kappa shape index (κ3) is 9.07. The van der Waals surface area contributed by atoms with Crippen LogP contribution in [0.1, 0.15) is 6.42 Å². The molecule has 1 amide bonds. The van der Waals surface area contributed by atoms with E-state index in [4.69, 9.17) is 4.74 Å². The largest absolute Gasteiger partial charge is 0.383 e. The van der Waals surface area contributed by atoms with Gasteiger partial charge in [-0.15, -0.1) is 12.4 Å². The minimum absolute atomic E-state index is 0. The lowest BCUT2D eigenvalue weighted by molar-refractivity contribution is -0.120. The highest BCUT2D eigenvalue weighted by molar-refractivity contribution is 7.89. The number of carbonyl (C=O) groups is 1. The Morgan fingerprint density at radius 3 is 2.48 bits per heavy atom. The number of halogens is 3. The maximum atomic E-state index is 13.1. The van der Waals surface area contributed by atoms with Crippen LogP contribution in [0.4, 0.5) is 8.78 Å².